The van der Waals surface area contributed by atoms with Crippen LogP contribution in [0.15, 0.2) is 188 Å². The average Bonchev–Trinajstić information content (AvgIpc) is 3.90. The van der Waals surface area contributed by atoms with E-state index < -0.39 is 23.2 Å². The molecule has 9 aromatic rings. The van der Waals surface area contributed by atoms with Crippen LogP contribution >= 0.6 is 0 Å². The summed E-state index contributed by atoms with van der Waals surface area (Å²) in [7, 11) is 0. The number of unbranched alkanes of at least 4 members (excludes halogenated alkanes) is 3. The maximum absolute atomic E-state index is 16.5. The van der Waals surface area contributed by atoms with Gasteiger partial charge in [0.1, 0.15) is 22.2 Å². The van der Waals surface area contributed by atoms with Gasteiger partial charge in [-0.3, -0.25) is 0 Å². The second-order valence-electron chi connectivity index (χ2n) is 21.9. The second kappa shape index (κ2) is 23.1. The van der Waals surface area contributed by atoms with Gasteiger partial charge in [-0.15, -0.1) is 0 Å². The number of nitrogens with zero attached hydrogens (tertiary/aromatic N) is 2. The molecule has 0 fully saturated rings. The van der Waals surface area contributed by atoms with Gasteiger partial charge in [0.15, 0.2) is 0 Å². The number of halogens is 6. The molecule has 0 spiro atoms. The zero-order valence-electron chi connectivity index (χ0n) is 46.7. The molecule has 0 bridgehead atoms. The van der Waals surface area contributed by atoms with Crippen molar-refractivity contribution in [2.75, 3.05) is 0 Å². The van der Waals surface area contributed by atoms with E-state index in [0.29, 0.717) is 25.8 Å². The van der Waals surface area contributed by atoms with E-state index in [1.54, 1.807) is 66.7 Å². The standard InChI is InChI=1S/C71H71F6N2/c1-9-10-44-78-52(6)53(7)79(67(78)66-50(4)46-49(3)47-51(66)5)45-16-12-15-43-69(71(75,76)77,64-39-33-60(34-40-64)57-25-23-55(24-26-57)54-21-19-48(2)20-22-54)65-41-35-61(36-42-65)58-29-27-56(28-30-58)59-31-37-63(38-32-59)68(8,70(72,73)74)62-17-13-11-14-18-62/h11,13-14,17-42,46-47H,9-10,12,15-16,43-45H2,1-8H3/q+1. The second-order valence-corrected chi connectivity index (χ2v) is 21.9. The molecule has 0 saturated heterocycles. The minimum atomic E-state index is -4.64. The third kappa shape index (κ3) is 11.3. The number of aromatic nitrogens is 2. The fourth-order valence-electron chi connectivity index (χ4n) is 11.9. The Balaban J connectivity index is 1.00. The molecule has 0 aliphatic heterocycles. The first-order valence-electron chi connectivity index (χ1n) is 27.7. The molecule has 0 aliphatic carbocycles. The Hall–Kier alpha value is -7.45. The summed E-state index contributed by atoms with van der Waals surface area (Å²) in [5.41, 5.74) is 11.6. The van der Waals surface area contributed by atoms with Crippen molar-refractivity contribution < 1.29 is 30.9 Å². The summed E-state index contributed by atoms with van der Waals surface area (Å²) >= 11 is 0. The van der Waals surface area contributed by atoms with Crippen LogP contribution in [0.3, 0.4) is 0 Å². The fourth-order valence-corrected chi connectivity index (χ4v) is 11.9. The summed E-state index contributed by atoms with van der Waals surface area (Å²) in [5, 5.41) is 0. The molecule has 1 aromatic heterocycles. The molecule has 1 heterocycles. The van der Waals surface area contributed by atoms with Crippen molar-refractivity contribution in [3.8, 4) is 55.9 Å². The van der Waals surface area contributed by atoms with Crippen LogP contribution in [0.2, 0.25) is 0 Å². The number of hydrogen-bond donors (Lipinski definition) is 0. The number of rotatable bonds is 18. The third-order valence-electron chi connectivity index (χ3n) is 16.7. The molecule has 0 aliphatic rings. The van der Waals surface area contributed by atoms with E-state index in [1.807, 2.05) is 48.5 Å². The van der Waals surface area contributed by atoms with Crippen LogP contribution in [0.25, 0.3) is 55.9 Å². The Labute approximate surface area is 463 Å². The summed E-state index contributed by atoms with van der Waals surface area (Å²) in [6, 6.07) is 56.7. The van der Waals surface area contributed by atoms with Crippen molar-refractivity contribution in [3.63, 3.8) is 0 Å². The maximum atomic E-state index is 16.5. The predicted octanol–water partition coefficient (Wildman–Crippen LogP) is 19.7. The van der Waals surface area contributed by atoms with Crippen LogP contribution < -0.4 is 4.57 Å². The van der Waals surface area contributed by atoms with E-state index in [-0.39, 0.29) is 28.7 Å². The molecular formula is C71H71F6N2+. The zero-order valence-corrected chi connectivity index (χ0v) is 46.7. The van der Waals surface area contributed by atoms with Crippen molar-refractivity contribution in [1.82, 2.24) is 4.57 Å². The molecular weight excluding hydrogens is 995 g/mol. The molecule has 0 saturated carbocycles. The van der Waals surface area contributed by atoms with Gasteiger partial charge in [0.25, 0.3) is 5.82 Å². The molecule has 8 aromatic carbocycles. The quantitative estimate of drug-likeness (QED) is 0.0460. The molecule has 0 radical (unpaired) electrons. The Kier molecular flexibility index (Phi) is 16.5. The highest BCUT2D eigenvalue weighted by atomic mass is 19.4. The van der Waals surface area contributed by atoms with E-state index in [4.69, 9.17) is 0 Å². The van der Waals surface area contributed by atoms with Gasteiger partial charge in [-0.2, -0.15) is 26.3 Å². The fraction of sp³-hybridized carbons (Fsp3) is 0.282. The molecule has 0 N–H and O–H groups in total. The minimum absolute atomic E-state index is 0.134. The van der Waals surface area contributed by atoms with Crippen molar-refractivity contribution in [2.24, 2.45) is 0 Å². The van der Waals surface area contributed by atoms with E-state index in [9.17, 15) is 13.2 Å². The first-order valence-corrected chi connectivity index (χ1v) is 27.7. The summed E-state index contributed by atoms with van der Waals surface area (Å²) in [6.45, 7) is 17.9. The van der Waals surface area contributed by atoms with Crippen LogP contribution in [-0.2, 0) is 23.9 Å². The van der Waals surface area contributed by atoms with Gasteiger partial charge in [-0.25, -0.2) is 9.13 Å². The van der Waals surface area contributed by atoms with Gasteiger partial charge in [0.05, 0.1) is 18.7 Å². The Morgan fingerprint density at radius 3 is 1.22 bits per heavy atom. The smallest absolute Gasteiger partial charge is 0.227 e. The predicted molar refractivity (Wildman–Crippen MR) is 312 cm³/mol. The van der Waals surface area contributed by atoms with Crippen molar-refractivity contribution >= 4 is 0 Å². The Bertz CT molecular complexity index is 3480. The van der Waals surface area contributed by atoms with Gasteiger partial charge in [-0.1, -0.05) is 219 Å². The maximum Gasteiger partial charge on any atom is 0.402 e. The lowest BCUT2D eigenvalue weighted by Crippen LogP contribution is -2.43. The average molecular weight is 1070 g/mol. The van der Waals surface area contributed by atoms with Crippen molar-refractivity contribution in [3.05, 3.63) is 244 Å². The lowest BCUT2D eigenvalue weighted by atomic mass is 9.70. The van der Waals surface area contributed by atoms with Gasteiger partial charge >= 0.3 is 12.4 Å². The van der Waals surface area contributed by atoms with Crippen LogP contribution in [0.5, 0.6) is 0 Å². The number of aryl methyl sites for hydroxylation is 4. The first-order chi connectivity index (χ1) is 37.7. The Morgan fingerprint density at radius 2 is 0.810 bits per heavy atom. The molecule has 9 rings (SSSR count). The highest BCUT2D eigenvalue weighted by Gasteiger charge is 2.56. The largest absolute Gasteiger partial charge is 0.402 e. The lowest BCUT2D eigenvalue weighted by molar-refractivity contribution is -0.691. The van der Waals surface area contributed by atoms with Crippen LogP contribution in [0, 0.1) is 41.5 Å². The van der Waals surface area contributed by atoms with E-state index >= 15 is 13.2 Å². The van der Waals surface area contributed by atoms with Crippen LogP contribution in [0.1, 0.15) is 108 Å². The minimum Gasteiger partial charge on any atom is -0.227 e. The molecule has 406 valence electrons. The van der Waals surface area contributed by atoms with E-state index in [0.717, 1.165) is 63.9 Å². The molecule has 2 nitrogen and oxygen atoms in total. The van der Waals surface area contributed by atoms with Crippen LogP contribution in [0.4, 0.5) is 26.3 Å². The lowest BCUT2D eigenvalue weighted by Gasteiger charge is -2.37. The monoisotopic (exact) mass is 1070 g/mol. The van der Waals surface area contributed by atoms with Crippen molar-refractivity contribution in [2.45, 2.75) is 130 Å². The van der Waals surface area contributed by atoms with E-state index in [1.165, 1.54) is 76.2 Å². The number of alkyl halides is 6. The van der Waals surface area contributed by atoms with E-state index in [2.05, 4.69) is 106 Å². The topological polar surface area (TPSA) is 8.81 Å². The number of hydrogen-bond acceptors (Lipinski definition) is 0. The third-order valence-corrected chi connectivity index (χ3v) is 16.7. The summed E-state index contributed by atoms with van der Waals surface area (Å²) in [6.07, 6.45) is -5.54. The molecule has 2 unspecified atom stereocenters. The Morgan fingerprint density at radius 1 is 0.418 bits per heavy atom. The number of benzene rings is 8. The molecule has 8 heteroatoms. The SMILES string of the molecule is CCCCn1c(C)c(C)[n+](CCCCCC(c2ccc(-c3ccc(-c4ccc(C)cc4)cc3)cc2)(c2ccc(-c3ccc(-c4ccc(C(C)(c5ccccc5)C(F)(F)F)cc4)cc3)cc2)C(F)(F)F)c1-c1c(C)cc(C)cc1C. The van der Waals surface area contributed by atoms with Gasteiger partial charge in [-0.05, 0) is 138 Å². The summed E-state index contributed by atoms with van der Waals surface area (Å²) in [4.78, 5) is 0. The van der Waals surface area contributed by atoms with Gasteiger partial charge in [0, 0.05) is 13.8 Å². The first kappa shape index (κ1) is 56.3. The van der Waals surface area contributed by atoms with Crippen molar-refractivity contribution in [1.29, 1.82) is 0 Å². The highest BCUT2D eigenvalue weighted by molar-refractivity contribution is 5.73. The normalized spacial score (nSPS) is 13.5. The van der Waals surface area contributed by atoms with Crippen LogP contribution in [-0.4, -0.2) is 16.9 Å². The summed E-state index contributed by atoms with van der Waals surface area (Å²) in [5.74, 6) is 1.17. The summed E-state index contributed by atoms with van der Waals surface area (Å²) < 4.78 is 98.5. The molecule has 0 amide bonds. The number of imidazole rings is 1. The molecule has 2 atom stereocenters. The van der Waals surface area contributed by atoms with Gasteiger partial charge < -0.3 is 0 Å². The van der Waals surface area contributed by atoms with Gasteiger partial charge in [0.2, 0.25) is 0 Å². The molecule has 79 heavy (non-hydrogen) atoms. The highest BCUT2D eigenvalue weighted by Crippen LogP contribution is 2.51. The zero-order chi connectivity index (χ0) is 56.3.